The van der Waals surface area contributed by atoms with E-state index in [1.165, 1.54) is 0 Å². The van der Waals surface area contributed by atoms with Gasteiger partial charge in [0.15, 0.2) is 11.5 Å². The van der Waals surface area contributed by atoms with Crippen LogP contribution >= 0.6 is 11.8 Å². The van der Waals surface area contributed by atoms with E-state index in [0.29, 0.717) is 35.1 Å². The number of hydrogen-bond donors (Lipinski definition) is 1. The third-order valence-electron chi connectivity index (χ3n) is 4.50. The molecule has 31 heavy (non-hydrogen) atoms. The smallest absolute Gasteiger partial charge is 0.294 e. The molecule has 0 atom stereocenters. The highest BCUT2D eigenvalue weighted by atomic mass is 32.2. The minimum absolute atomic E-state index is 0.127. The first kappa shape index (κ1) is 20.8. The summed E-state index contributed by atoms with van der Waals surface area (Å²) in [7, 11) is 0. The predicted octanol–water partition coefficient (Wildman–Crippen LogP) is 3.88. The van der Waals surface area contributed by atoms with E-state index in [4.69, 9.17) is 14.2 Å². The first-order chi connectivity index (χ1) is 15.0. The number of carbonyl (C=O) groups is 3. The van der Waals surface area contributed by atoms with Gasteiger partial charge >= 0.3 is 0 Å². The number of fused-ring (bicyclic) bond motifs is 1. The highest BCUT2D eigenvalue weighted by Gasteiger charge is 2.36. The molecule has 0 aromatic heterocycles. The lowest BCUT2D eigenvalue weighted by atomic mass is 10.2. The molecule has 1 N–H and O–H groups in total. The second-order valence-corrected chi connectivity index (χ2v) is 7.76. The van der Waals surface area contributed by atoms with Crippen LogP contribution in [0.3, 0.4) is 0 Å². The molecule has 2 aliphatic rings. The minimum Gasteiger partial charge on any atom is -0.493 e. The first-order valence-corrected chi connectivity index (χ1v) is 10.5. The van der Waals surface area contributed by atoms with Gasteiger partial charge in [0.25, 0.3) is 11.1 Å². The Morgan fingerprint density at radius 1 is 1.19 bits per heavy atom. The molecule has 2 aromatic rings. The van der Waals surface area contributed by atoms with E-state index in [2.05, 4.69) is 5.32 Å². The molecule has 0 spiro atoms. The van der Waals surface area contributed by atoms with Crippen molar-refractivity contribution >= 4 is 40.6 Å². The number of nitrogens with one attached hydrogen (secondary N) is 1. The summed E-state index contributed by atoms with van der Waals surface area (Å²) in [5.74, 6) is 0.750. The van der Waals surface area contributed by atoms with Crippen molar-refractivity contribution in [2.24, 2.45) is 0 Å². The lowest BCUT2D eigenvalue weighted by Gasteiger charge is -2.12. The Morgan fingerprint density at radius 3 is 2.84 bits per heavy atom. The summed E-state index contributed by atoms with van der Waals surface area (Å²) in [6.07, 6.45) is 2.47. The summed E-state index contributed by atoms with van der Waals surface area (Å²) in [5, 5.41) is 2.17. The number of para-hydroxylation sites is 1. The van der Waals surface area contributed by atoms with E-state index in [1.807, 2.05) is 31.2 Å². The summed E-state index contributed by atoms with van der Waals surface area (Å²) in [6.45, 7) is 2.29. The van der Waals surface area contributed by atoms with Crippen molar-refractivity contribution in [3.05, 3.63) is 52.9 Å². The van der Waals surface area contributed by atoms with Crippen molar-refractivity contribution in [2.45, 2.75) is 13.3 Å². The Kier molecular flexibility index (Phi) is 6.13. The Hall–Kier alpha value is -3.46. The largest absolute Gasteiger partial charge is 0.493 e. The number of hydrogen-bond acceptors (Lipinski definition) is 7. The SMILES string of the molecule is CCCOc1ccccc1/C=C1/SC(=O)N(CC(=O)Nc2ccc3c(c2)OCO3)C1=O. The summed E-state index contributed by atoms with van der Waals surface area (Å²) >= 11 is 0.800. The fourth-order valence-electron chi connectivity index (χ4n) is 3.04. The van der Waals surface area contributed by atoms with Crippen molar-refractivity contribution in [2.75, 3.05) is 25.3 Å². The maximum Gasteiger partial charge on any atom is 0.294 e. The molecule has 9 heteroatoms. The van der Waals surface area contributed by atoms with E-state index < -0.39 is 17.1 Å². The van der Waals surface area contributed by atoms with Crippen molar-refractivity contribution in [1.82, 2.24) is 4.90 Å². The van der Waals surface area contributed by atoms with E-state index in [0.717, 1.165) is 23.1 Å². The average Bonchev–Trinajstić information content (AvgIpc) is 3.33. The zero-order valence-electron chi connectivity index (χ0n) is 16.8. The average molecular weight is 440 g/mol. The van der Waals surface area contributed by atoms with Crippen LogP contribution in [0.25, 0.3) is 6.08 Å². The van der Waals surface area contributed by atoms with Crippen LogP contribution < -0.4 is 19.5 Å². The molecule has 2 aromatic carbocycles. The van der Waals surface area contributed by atoms with Gasteiger partial charge in [-0.3, -0.25) is 19.3 Å². The van der Waals surface area contributed by atoms with Crippen LogP contribution in [0.15, 0.2) is 47.4 Å². The molecule has 8 nitrogen and oxygen atoms in total. The maximum absolute atomic E-state index is 12.7. The molecule has 0 unspecified atom stereocenters. The highest BCUT2D eigenvalue weighted by molar-refractivity contribution is 8.18. The Labute approximate surface area is 183 Å². The minimum atomic E-state index is -0.513. The van der Waals surface area contributed by atoms with E-state index in [-0.39, 0.29) is 18.2 Å². The number of anilines is 1. The molecular formula is C22H20N2O6S. The number of rotatable bonds is 7. The standard InChI is InChI=1S/C22H20N2O6S/c1-2-9-28-16-6-4-3-5-14(16)10-19-21(26)24(22(27)31-19)12-20(25)23-15-7-8-17-18(11-15)30-13-29-17/h3-8,10-11H,2,9,12-13H2,1H3,(H,23,25)/b19-10+. The number of carbonyl (C=O) groups excluding carboxylic acids is 3. The van der Waals surface area contributed by atoms with Gasteiger partial charge < -0.3 is 19.5 Å². The number of thioether (sulfide) groups is 1. The van der Waals surface area contributed by atoms with Gasteiger partial charge in [0.1, 0.15) is 12.3 Å². The van der Waals surface area contributed by atoms with Crippen molar-refractivity contribution in [3.8, 4) is 17.2 Å². The van der Waals surface area contributed by atoms with E-state index in [1.54, 1.807) is 24.3 Å². The summed E-state index contributed by atoms with van der Waals surface area (Å²) in [5.41, 5.74) is 1.19. The Morgan fingerprint density at radius 2 is 2.00 bits per heavy atom. The molecule has 2 aliphatic heterocycles. The quantitative estimate of drug-likeness (QED) is 0.653. The van der Waals surface area contributed by atoms with Gasteiger partial charge in [-0.25, -0.2) is 0 Å². The first-order valence-electron chi connectivity index (χ1n) is 9.72. The second-order valence-electron chi connectivity index (χ2n) is 6.77. The number of nitrogens with zero attached hydrogens (tertiary/aromatic N) is 1. The molecule has 160 valence electrons. The zero-order chi connectivity index (χ0) is 21.8. The van der Waals surface area contributed by atoms with Gasteiger partial charge in [-0.1, -0.05) is 25.1 Å². The molecule has 4 rings (SSSR count). The van der Waals surface area contributed by atoms with Gasteiger partial charge in [0.05, 0.1) is 11.5 Å². The monoisotopic (exact) mass is 440 g/mol. The fraction of sp³-hybridized carbons (Fsp3) is 0.227. The van der Waals surface area contributed by atoms with Crippen molar-refractivity contribution in [3.63, 3.8) is 0 Å². The lowest BCUT2D eigenvalue weighted by molar-refractivity contribution is -0.127. The third-order valence-corrected chi connectivity index (χ3v) is 5.41. The molecule has 0 radical (unpaired) electrons. The van der Waals surface area contributed by atoms with Crippen LogP contribution in [-0.2, 0) is 9.59 Å². The number of amides is 3. The van der Waals surface area contributed by atoms with E-state index >= 15 is 0 Å². The van der Waals surface area contributed by atoms with Crippen molar-refractivity contribution < 1.29 is 28.6 Å². The number of benzene rings is 2. The van der Waals surface area contributed by atoms with Crippen LogP contribution in [0, 0.1) is 0 Å². The van der Waals surface area contributed by atoms with Crippen LogP contribution in [0.1, 0.15) is 18.9 Å². The Bertz CT molecular complexity index is 1070. The third kappa shape index (κ3) is 4.66. The maximum atomic E-state index is 12.7. The highest BCUT2D eigenvalue weighted by Crippen LogP contribution is 2.35. The summed E-state index contributed by atoms with van der Waals surface area (Å²) in [6, 6.07) is 12.3. The second kappa shape index (κ2) is 9.13. The molecule has 2 heterocycles. The molecule has 1 fully saturated rings. The molecule has 0 saturated carbocycles. The molecule has 0 bridgehead atoms. The summed E-state index contributed by atoms with van der Waals surface area (Å²) in [4.78, 5) is 38.7. The molecule has 0 aliphatic carbocycles. The van der Waals surface area contributed by atoms with Gasteiger partial charge in [-0.05, 0) is 42.5 Å². The van der Waals surface area contributed by atoms with Gasteiger partial charge in [-0.15, -0.1) is 0 Å². The number of imide groups is 1. The molecule has 1 saturated heterocycles. The van der Waals surface area contributed by atoms with Crippen LogP contribution in [0.2, 0.25) is 0 Å². The van der Waals surface area contributed by atoms with E-state index in [9.17, 15) is 14.4 Å². The molecular weight excluding hydrogens is 420 g/mol. The van der Waals surface area contributed by atoms with Crippen LogP contribution in [0.5, 0.6) is 17.2 Å². The van der Waals surface area contributed by atoms with Gasteiger partial charge in [0.2, 0.25) is 12.7 Å². The van der Waals surface area contributed by atoms with Crippen molar-refractivity contribution in [1.29, 1.82) is 0 Å². The van der Waals surface area contributed by atoms with Crippen LogP contribution in [-0.4, -0.2) is 41.9 Å². The Balaban J connectivity index is 1.44. The predicted molar refractivity (Wildman–Crippen MR) is 116 cm³/mol. The zero-order valence-corrected chi connectivity index (χ0v) is 17.6. The molecule has 3 amide bonds. The topological polar surface area (TPSA) is 94.2 Å². The van der Waals surface area contributed by atoms with Gasteiger partial charge in [0, 0.05) is 17.3 Å². The fourth-order valence-corrected chi connectivity index (χ4v) is 3.87. The van der Waals surface area contributed by atoms with Crippen LogP contribution in [0.4, 0.5) is 10.5 Å². The summed E-state index contributed by atoms with van der Waals surface area (Å²) < 4.78 is 16.2. The normalized spacial score (nSPS) is 16.2. The lowest BCUT2D eigenvalue weighted by Crippen LogP contribution is -2.36. The number of ether oxygens (including phenoxy) is 3. The van der Waals surface area contributed by atoms with Gasteiger partial charge in [-0.2, -0.15) is 0 Å².